The van der Waals surface area contributed by atoms with E-state index in [9.17, 15) is 13.2 Å². The summed E-state index contributed by atoms with van der Waals surface area (Å²) in [5.74, 6) is -2.87. The fraction of sp³-hybridized carbons (Fsp3) is 0.364. The number of hydrogen-bond acceptors (Lipinski definition) is 2. The van der Waals surface area contributed by atoms with Crippen LogP contribution in [0.1, 0.15) is 38.2 Å². The summed E-state index contributed by atoms with van der Waals surface area (Å²) in [6.45, 7) is 4.36. The van der Waals surface area contributed by atoms with Crippen molar-refractivity contribution in [1.82, 2.24) is 0 Å². The molecule has 144 valence electrons. The van der Waals surface area contributed by atoms with Crippen LogP contribution in [0.3, 0.4) is 0 Å². The molecule has 0 saturated carbocycles. The number of rotatable bonds is 5. The average Bonchev–Trinajstić information content (AvgIpc) is 2.67. The van der Waals surface area contributed by atoms with Crippen molar-refractivity contribution in [2.24, 2.45) is 0 Å². The zero-order chi connectivity index (χ0) is 19.4. The molecule has 0 N–H and O–H groups in total. The number of allylic oxidation sites excluding steroid dienone is 1. The van der Waals surface area contributed by atoms with Crippen LogP contribution in [-0.4, -0.2) is 19.3 Å². The maximum absolute atomic E-state index is 14.7. The zero-order valence-electron chi connectivity index (χ0n) is 15.5. The second-order valence-corrected chi connectivity index (χ2v) is 6.58. The van der Waals surface area contributed by atoms with Gasteiger partial charge in [-0.1, -0.05) is 24.3 Å². The van der Waals surface area contributed by atoms with Crippen LogP contribution in [0.5, 0.6) is 5.75 Å². The third kappa shape index (κ3) is 4.19. The van der Waals surface area contributed by atoms with Gasteiger partial charge in [0, 0.05) is 17.0 Å². The van der Waals surface area contributed by atoms with E-state index in [0.29, 0.717) is 6.61 Å². The minimum Gasteiger partial charge on any atom is -0.491 e. The largest absolute Gasteiger partial charge is 0.491 e. The molecule has 2 nitrogen and oxygen atoms in total. The molecule has 1 fully saturated rings. The van der Waals surface area contributed by atoms with Crippen LogP contribution in [0.4, 0.5) is 13.2 Å². The fourth-order valence-corrected chi connectivity index (χ4v) is 3.41. The van der Waals surface area contributed by atoms with E-state index < -0.39 is 17.5 Å². The standard InChI is InChI=1S/C22H23F3O2/c1-3-5-16-8-6-15(13-27-16)14-7-9-17(19(23)12-14)18-10-11-20(26-4-2)22(25)21(18)24/h3,5,7,9-12,15-16H,4,6,8,13H2,1-2H3/b5-3+. The maximum Gasteiger partial charge on any atom is 0.201 e. The Morgan fingerprint density at radius 3 is 2.48 bits per heavy atom. The van der Waals surface area contributed by atoms with E-state index in [0.717, 1.165) is 18.4 Å². The summed E-state index contributed by atoms with van der Waals surface area (Å²) in [6, 6.07) is 7.32. The van der Waals surface area contributed by atoms with Crippen molar-refractivity contribution in [3.8, 4) is 16.9 Å². The van der Waals surface area contributed by atoms with E-state index in [2.05, 4.69) is 0 Å². The van der Waals surface area contributed by atoms with Gasteiger partial charge in [0.2, 0.25) is 5.82 Å². The topological polar surface area (TPSA) is 18.5 Å². The minimum absolute atomic E-state index is 0.0294. The van der Waals surface area contributed by atoms with Crippen LogP contribution >= 0.6 is 0 Å². The van der Waals surface area contributed by atoms with E-state index in [-0.39, 0.29) is 35.5 Å². The molecule has 0 aromatic heterocycles. The molecule has 1 aliphatic rings. The molecule has 0 amide bonds. The third-order valence-corrected chi connectivity index (χ3v) is 4.82. The average molecular weight is 376 g/mol. The lowest BCUT2D eigenvalue weighted by Gasteiger charge is -2.28. The smallest absolute Gasteiger partial charge is 0.201 e. The quantitative estimate of drug-likeness (QED) is 0.595. The van der Waals surface area contributed by atoms with Gasteiger partial charge in [0.25, 0.3) is 0 Å². The summed E-state index contributed by atoms with van der Waals surface area (Å²) in [5.41, 5.74) is 0.719. The van der Waals surface area contributed by atoms with Crippen LogP contribution in [0.25, 0.3) is 11.1 Å². The van der Waals surface area contributed by atoms with Gasteiger partial charge in [-0.3, -0.25) is 0 Å². The van der Waals surface area contributed by atoms with E-state index in [1.807, 2.05) is 19.1 Å². The molecule has 3 rings (SSSR count). The lowest BCUT2D eigenvalue weighted by Crippen LogP contribution is -2.23. The SMILES string of the molecule is C/C=C/C1CCC(c2ccc(-c3ccc(OCC)c(F)c3F)c(F)c2)CO1. The van der Waals surface area contributed by atoms with Crippen molar-refractivity contribution < 1.29 is 22.6 Å². The second-order valence-electron chi connectivity index (χ2n) is 6.58. The van der Waals surface area contributed by atoms with Gasteiger partial charge < -0.3 is 9.47 Å². The molecule has 0 spiro atoms. The maximum atomic E-state index is 14.7. The predicted molar refractivity (Wildman–Crippen MR) is 99.5 cm³/mol. The second kappa shape index (κ2) is 8.61. The van der Waals surface area contributed by atoms with Crippen LogP contribution in [0, 0.1) is 17.5 Å². The summed E-state index contributed by atoms with van der Waals surface area (Å²) < 4.78 is 54.0. The molecule has 1 saturated heterocycles. The molecule has 2 unspecified atom stereocenters. The van der Waals surface area contributed by atoms with E-state index in [1.165, 1.54) is 24.3 Å². The summed E-state index contributed by atoms with van der Waals surface area (Å²) in [4.78, 5) is 0. The van der Waals surface area contributed by atoms with E-state index >= 15 is 0 Å². The van der Waals surface area contributed by atoms with Crippen LogP contribution in [-0.2, 0) is 4.74 Å². The molecule has 0 radical (unpaired) electrons. The molecule has 2 aromatic carbocycles. The van der Waals surface area contributed by atoms with E-state index in [4.69, 9.17) is 9.47 Å². The molecule has 27 heavy (non-hydrogen) atoms. The monoisotopic (exact) mass is 376 g/mol. The first-order chi connectivity index (χ1) is 13.0. The summed E-state index contributed by atoms with van der Waals surface area (Å²) >= 11 is 0. The van der Waals surface area contributed by atoms with Crippen molar-refractivity contribution in [2.45, 2.75) is 38.7 Å². The first-order valence-electron chi connectivity index (χ1n) is 9.20. The highest BCUT2D eigenvalue weighted by Gasteiger charge is 2.23. The lowest BCUT2D eigenvalue weighted by molar-refractivity contribution is 0.0326. The molecule has 5 heteroatoms. The molecule has 0 aliphatic carbocycles. The highest BCUT2D eigenvalue weighted by molar-refractivity contribution is 5.66. The van der Waals surface area contributed by atoms with Gasteiger partial charge in [-0.05, 0) is 50.5 Å². The molecule has 2 atom stereocenters. The molecular weight excluding hydrogens is 353 g/mol. The highest BCUT2D eigenvalue weighted by Crippen LogP contribution is 2.34. The lowest BCUT2D eigenvalue weighted by atomic mass is 9.90. The summed E-state index contributed by atoms with van der Waals surface area (Å²) in [5, 5.41) is 0. The Hall–Kier alpha value is -2.27. The third-order valence-electron chi connectivity index (χ3n) is 4.82. The molecule has 2 aromatic rings. The van der Waals surface area contributed by atoms with Gasteiger partial charge in [0.05, 0.1) is 19.3 Å². The Balaban J connectivity index is 1.83. The van der Waals surface area contributed by atoms with E-state index in [1.54, 1.807) is 13.0 Å². The molecule has 1 heterocycles. The predicted octanol–water partition coefficient (Wildman–Crippen LogP) is 6.01. The van der Waals surface area contributed by atoms with Crippen molar-refractivity contribution in [1.29, 1.82) is 0 Å². The number of halogens is 3. The first-order valence-corrected chi connectivity index (χ1v) is 9.20. The Morgan fingerprint density at radius 2 is 1.85 bits per heavy atom. The molecular formula is C22H23F3O2. The Labute approximate surface area is 157 Å². The Morgan fingerprint density at radius 1 is 1.07 bits per heavy atom. The number of benzene rings is 2. The zero-order valence-corrected chi connectivity index (χ0v) is 15.5. The molecule has 0 bridgehead atoms. The van der Waals surface area contributed by atoms with Crippen molar-refractivity contribution >= 4 is 0 Å². The first kappa shape index (κ1) is 19.5. The van der Waals surface area contributed by atoms with Crippen LogP contribution < -0.4 is 4.74 Å². The number of ether oxygens (including phenoxy) is 2. The summed E-state index contributed by atoms with van der Waals surface area (Å²) in [7, 11) is 0. The fourth-order valence-electron chi connectivity index (χ4n) is 3.41. The van der Waals surface area contributed by atoms with Crippen molar-refractivity contribution in [3.05, 3.63) is 65.5 Å². The highest BCUT2D eigenvalue weighted by atomic mass is 19.2. The van der Waals surface area contributed by atoms with Gasteiger partial charge in [0.1, 0.15) is 5.82 Å². The van der Waals surface area contributed by atoms with Crippen LogP contribution in [0.2, 0.25) is 0 Å². The normalized spacial score (nSPS) is 20.2. The van der Waals surface area contributed by atoms with Gasteiger partial charge in [-0.25, -0.2) is 8.78 Å². The van der Waals surface area contributed by atoms with Gasteiger partial charge >= 0.3 is 0 Å². The Kier molecular flexibility index (Phi) is 6.22. The van der Waals surface area contributed by atoms with Crippen LogP contribution in [0.15, 0.2) is 42.5 Å². The Bertz CT molecular complexity index is 825. The van der Waals surface area contributed by atoms with Crippen molar-refractivity contribution in [3.63, 3.8) is 0 Å². The van der Waals surface area contributed by atoms with Gasteiger partial charge in [-0.2, -0.15) is 4.39 Å². The summed E-state index contributed by atoms with van der Waals surface area (Å²) in [6.07, 6.45) is 5.85. The van der Waals surface area contributed by atoms with Gasteiger partial charge in [0.15, 0.2) is 11.6 Å². The molecule has 1 aliphatic heterocycles. The minimum atomic E-state index is -1.11. The van der Waals surface area contributed by atoms with Crippen molar-refractivity contribution in [2.75, 3.05) is 13.2 Å². The van der Waals surface area contributed by atoms with Gasteiger partial charge in [-0.15, -0.1) is 0 Å². The number of hydrogen-bond donors (Lipinski definition) is 0.